The van der Waals surface area contributed by atoms with Crippen molar-refractivity contribution in [2.24, 2.45) is 29.0 Å². The summed E-state index contributed by atoms with van der Waals surface area (Å²) in [5.74, 6) is -16.7. The van der Waals surface area contributed by atoms with Gasteiger partial charge in [0, 0.05) is 18.6 Å². The van der Waals surface area contributed by atoms with Crippen molar-refractivity contribution >= 4 is 89.6 Å². The summed E-state index contributed by atoms with van der Waals surface area (Å²) in [7, 11) is 0. The van der Waals surface area contributed by atoms with Gasteiger partial charge in [0.2, 0.25) is 59.1 Å². The number of nitrogens with two attached hydrogens (primary N) is 3. The maximum atomic E-state index is 13.8. The molecule has 0 heterocycles. The van der Waals surface area contributed by atoms with Crippen molar-refractivity contribution in [1.29, 1.82) is 0 Å². The normalized spacial score (nSPS) is 14.7. The zero-order valence-electron chi connectivity index (χ0n) is 39.6. The van der Waals surface area contributed by atoms with E-state index in [1.165, 1.54) is 6.92 Å². The minimum absolute atomic E-state index is 0.00907. The van der Waals surface area contributed by atoms with Crippen LogP contribution >= 0.6 is 12.6 Å². The van der Waals surface area contributed by atoms with E-state index in [1.807, 2.05) is 19.2 Å². The molecule has 1 aromatic rings. The number of primary amides is 2. The molecule has 0 aromatic heterocycles. The Morgan fingerprint density at radius 2 is 1.06 bits per heavy atom. The molecule has 0 unspecified atom stereocenters. The zero-order chi connectivity index (χ0) is 54.1. The van der Waals surface area contributed by atoms with Gasteiger partial charge in [0.25, 0.3) is 0 Å². The molecule has 0 aliphatic heterocycles. The molecule has 0 saturated carbocycles. The highest BCUT2D eigenvalue weighted by Gasteiger charge is 2.36. The number of hydrogen-bond acceptors (Lipinski definition) is 15. The Balaban J connectivity index is 3.28. The first-order chi connectivity index (χ1) is 33.2. The van der Waals surface area contributed by atoms with Crippen molar-refractivity contribution in [1.82, 2.24) is 42.5 Å². The van der Waals surface area contributed by atoms with E-state index in [-0.39, 0.29) is 18.8 Å². The highest BCUT2D eigenvalue weighted by molar-refractivity contribution is 7.80. The molecule has 28 heteroatoms. The third kappa shape index (κ3) is 23.7. The molecule has 1 rings (SSSR count). The molecule has 27 nitrogen and oxygen atoms in total. The number of carboxylic acids is 3. The molecule has 1 aromatic carbocycles. The zero-order valence-corrected chi connectivity index (χ0v) is 40.5. The van der Waals surface area contributed by atoms with E-state index in [0.29, 0.717) is 12.0 Å². The smallest absolute Gasteiger partial charge is 0.326 e. The molecule has 0 aliphatic carbocycles. The summed E-state index contributed by atoms with van der Waals surface area (Å²) in [4.78, 5) is 165. The molecule has 17 N–H and O–H groups in total. The largest absolute Gasteiger partial charge is 0.481 e. The second kappa shape index (κ2) is 31.0. The molecule has 10 amide bonds. The van der Waals surface area contributed by atoms with Gasteiger partial charge in [0.15, 0.2) is 0 Å². The fraction of sp³-hybridized carbons (Fsp3) is 0.558. The van der Waals surface area contributed by atoms with Crippen LogP contribution in [-0.2, 0) is 68.7 Å². The van der Waals surface area contributed by atoms with Crippen LogP contribution in [0.3, 0.4) is 0 Å². The second-order valence-corrected chi connectivity index (χ2v) is 17.2. The van der Waals surface area contributed by atoms with Crippen LogP contribution < -0.4 is 59.7 Å². The number of rotatable bonds is 33. The molecule has 0 fully saturated rings. The van der Waals surface area contributed by atoms with Gasteiger partial charge < -0.3 is 75.1 Å². The van der Waals surface area contributed by atoms with E-state index in [4.69, 9.17) is 22.3 Å². The van der Waals surface area contributed by atoms with Crippen LogP contribution in [0.25, 0.3) is 0 Å². The van der Waals surface area contributed by atoms with E-state index >= 15 is 0 Å². The predicted octanol–water partition coefficient (Wildman–Crippen LogP) is -4.74. The summed E-state index contributed by atoms with van der Waals surface area (Å²) in [6.45, 7) is 6.03. The molecular formula is C43H65N11O16S. The van der Waals surface area contributed by atoms with E-state index < -0.39 is 176 Å². The van der Waals surface area contributed by atoms with Gasteiger partial charge in [-0.2, -0.15) is 12.6 Å². The summed E-state index contributed by atoms with van der Waals surface area (Å²) in [6.07, 6.45) is -3.62. The van der Waals surface area contributed by atoms with Crippen LogP contribution in [0.2, 0.25) is 0 Å². The van der Waals surface area contributed by atoms with E-state index in [2.05, 4.69) is 49.8 Å². The lowest BCUT2D eigenvalue weighted by Gasteiger charge is -2.28. The standard InChI is InChI=1S/C43H65N11O16S/c1-5-21(4)35(54-40(66)26(15-30(45)55)48-32(57)18-47-37(63)25(14-22-9-7-6-8-10-22)50-36(62)23(44)13-20(2)3)42(68)52-27(16-31(46)56)38(64)51-28(17-34(60)61)39(65)53-29(19-71)41(67)49-24(43(69)70)11-12-33(58)59/h6-10,20-21,23-29,35,71H,5,11-19,44H2,1-4H3,(H2,45,55)(H2,46,56)(H,47,63)(H,48,57)(H,49,67)(H,50,62)(H,51,64)(H,52,68)(H,53,65)(H,54,66)(H,58,59)(H,60,61)(H,69,70)/t21-,23-,24-,25-,26-,27-,28-,29-,35-/m0/s1. The first-order valence-corrected chi connectivity index (χ1v) is 22.8. The van der Waals surface area contributed by atoms with E-state index in [9.17, 15) is 72.5 Å². The van der Waals surface area contributed by atoms with E-state index in [0.717, 1.165) is 0 Å². The Bertz CT molecular complexity index is 2100. The second-order valence-electron chi connectivity index (χ2n) is 16.8. The van der Waals surface area contributed by atoms with Gasteiger partial charge in [-0.1, -0.05) is 64.4 Å². The van der Waals surface area contributed by atoms with Gasteiger partial charge in [-0.25, -0.2) is 4.79 Å². The van der Waals surface area contributed by atoms with Crippen molar-refractivity contribution < 1.29 is 77.6 Å². The molecule has 71 heavy (non-hydrogen) atoms. The third-order valence-corrected chi connectivity index (χ3v) is 10.7. The highest BCUT2D eigenvalue weighted by atomic mass is 32.1. The fourth-order valence-corrected chi connectivity index (χ4v) is 6.70. The van der Waals surface area contributed by atoms with Crippen LogP contribution in [0, 0.1) is 11.8 Å². The van der Waals surface area contributed by atoms with Crippen molar-refractivity contribution in [3.05, 3.63) is 35.9 Å². The first-order valence-electron chi connectivity index (χ1n) is 22.2. The van der Waals surface area contributed by atoms with Crippen LogP contribution in [-0.4, -0.2) is 153 Å². The lowest BCUT2D eigenvalue weighted by molar-refractivity contribution is -0.144. The van der Waals surface area contributed by atoms with Gasteiger partial charge in [-0.05, 0) is 30.2 Å². The lowest BCUT2D eigenvalue weighted by atomic mass is 9.97. The van der Waals surface area contributed by atoms with Gasteiger partial charge in [-0.15, -0.1) is 0 Å². The molecule has 0 bridgehead atoms. The van der Waals surface area contributed by atoms with Crippen LogP contribution in [0.4, 0.5) is 0 Å². The number of carboxylic acid groups (broad SMARTS) is 3. The number of benzene rings is 1. The van der Waals surface area contributed by atoms with Crippen molar-refractivity contribution in [3.8, 4) is 0 Å². The van der Waals surface area contributed by atoms with Gasteiger partial charge in [0.05, 0.1) is 31.8 Å². The third-order valence-electron chi connectivity index (χ3n) is 10.4. The quantitative estimate of drug-likeness (QED) is 0.0294. The van der Waals surface area contributed by atoms with Crippen LogP contribution in [0.1, 0.15) is 78.2 Å². The Kier molecular flexibility index (Phi) is 26.9. The van der Waals surface area contributed by atoms with Gasteiger partial charge >= 0.3 is 17.9 Å². The minimum atomic E-state index is -2.03. The van der Waals surface area contributed by atoms with Crippen molar-refractivity contribution in [3.63, 3.8) is 0 Å². The molecule has 0 radical (unpaired) electrons. The van der Waals surface area contributed by atoms with Crippen LogP contribution in [0.15, 0.2) is 30.3 Å². The summed E-state index contributed by atoms with van der Waals surface area (Å²) in [5.41, 5.74) is 17.4. The summed E-state index contributed by atoms with van der Waals surface area (Å²) >= 11 is 3.95. The Morgan fingerprint density at radius 1 is 0.577 bits per heavy atom. The molecule has 0 saturated heterocycles. The van der Waals surface area contributed by atoms with Gasteiger partial charge in [0.1, 0.15) is 42.3 Å². The summed E-state index contributed by atoms with van der Waals surface area (Å²) in [6, 6.07) is -4.23. The molecule has 0 aliphatic rings. The summed E-state index contributed by atoms with van der Waals surface area (Å²) in [5, 5.41) is 45.8. The Morgan fingerprint density at radius 3 is 1.55 bits per heavy atom. The van der Waals surface area contributed by atoms with E-state index in [1.54, 1.807) is 37.3 Å². The number of carbonyl (C=O) groups excluding carboxylic acids is 10. The van der Waals surface area contributed by atoms with Crippen molar-refractivity contribution in [2.75, 3.05) is 12.3 Å². The minimum Gasteiger partial charge on any atom is -0.481 e. The lowest BCUT2D eigenvalue weighted by Crippen LogP contribution is -2.61. The molecule has 394 valence electrons. The number of aliphatic carboxylic acids is 3. The Hall–Kier alpha value is -7.36. The number of amides is 10. The first kappa shape index (κ1) is 61.7. The predicted molar refractivity (Wildman–Crippen MR) is 252 cm³/mol. The molecular weight excluding hydrogens is 959 g/mol. The van der Waals surface area contributed by atoms with Crippen LogP contribution in [0.5, 0.6) is 0 Å². The maximum Gasteiger partial charge on any atom is 0.326 e. The average Bonchev–Trinajstić information content (AvgIpc) is 3.28. The topological polar surface area (TPSA) is 457 Å². The average molecular weight is 1020 g/mol. The number of nitrogens with one attached hydrogen (secondary N) is 8. The fourth-order valence-electron chi connectivity index (χ4n) is 6.45. The van der Waals surface area contributed by atoms with Gasteiger partial charge in [-0.3, -0.25) is 57.5 Å². The monoisotopic (exact) mass is 1020 g/mol. The number of thiol groups is 1. The van der Waals surface area contributed by atoms with Crippen molar-refractivity contribution in [2.45, 2.75) is 127 Å². The number of carbonyl (C=O) groups is 13. The summed E-state index contributed by atoms with van der Waals surface area (Å²) < 4.78 is 0. The number of hydrogen-bond donors (Lipinski definition) is 15. The Labute approximate surface area is 413 Å². The molecule has 9 atom stereocenters. The SMILES string of the molecule is CC[C@H](C)[C@H](NC(=O)[C@H](CC(N)=O)NC(=O)CNC(=O)[C@H](Cc1ccccc1)NC(=O)[C@@H](N)CC(C)C)C(=O)N[C@@H](CC(N)=O)C(=O)N[C@@H](CC(=O)O)C(=O)N[C@@H](CS)C(=O)N[C@@H](CCC(=O)O)C(=O)O. The maximum absolute atomic E-state index is 13.8. The molecule has 0 spiro atoms. The highest BCUT2D eigenvalue weighted by Crippen LogP contribution is 2.12.